The molecule has 6 rings (SSSR count). The largest absolute Gasteiger partial charge is 0.342 e. The molecule has 2 unspecified atom stereocenters. The van der Waals surface area contributed by atoms with Crippen molar-refractivity contribution in [1.82, 2.24) is 29.7 Å². The summed E-state index contributed by atoms with van der Waals surface area (Å²) in [6, 6.07) is 5.61. The molecular weight excluding hydrogens is 368 g/mol. The van der Waals surface area contributed by atoms with Gasteiger partial charge < -0.3 is 14.8 Å². The zero-order valence-electron chi connectivity index (χ0n) is 16.2. The minimum absolute atomic E-state index is 0.0149. The number of piperidine rings is 1. The summed E-state index contributed by atoms with van der Waals surface area (Å²) in [6.07, 6.45) is 6.52. The van der Waals surface area contributed by atoms with Crippen LogP contribution in [0.4, 0.5) is 0 Å². The Morgan fingerprint density at radius 3 is 2.83 bits per heavy atom. The molecule has 0 spiro atoms. The molecule has 1 aromatic carbocycles. The van der Waals surface area contributed by atoms with Crippen molar-refractivity contribution in [2.24, 2.45) is 5.92 Å². The Morgan fingerprint density at radius 2 is 2.00 bits per heavy atom. The zero-order chi connectivity index (χ0) is 20.0. The Morgan fingerprint density at radius 1 is 1.10 bits per heavy atom. The maximum absolute atomic E-state index is 13.3. The summed E-state index contributed by atoms with van der Waals surface area (Å²) >= 11 is 0. The van der Waals surface area contributed by atoms with Gasteiger partial charge in [0.25, 0.3) is 11.8 Å². The van der Waals surface area contributed by atoms with Crippen LogP contribution in [0.5, 0.6) is 0 Å². The van der Waals surface area contributed by atoms with E-state index in [2.05, 4.69) is 19.9 Å². The number of imidazole rings is 1. The van der Waals surface area contributed by atoms with Crippen LogP contribution in [-0.2, 0) is 0 Å². The molecule has 3 aliphatic heterocycles. The number of carbonyl (C=O) groups excluding carboxylic acids is 2. The number of nitrogens with one attached hydrogen (secondary N) is 1. The first-order valence-corrected chi connectivity index (χ1v) is 9.91. The number of benzene rings is 1. The third-order valence-electron chi connectivity index (χ3n) is 5.89. The van der Waals surface area contributed by atoms with E-state index in [9.17, 15) is 9.59 Å². The molecule has 148 valence electrons. The maximum Gasteiger partial charge on any atom is 0.274 e. The predicted molar refractivity (Wildman–Crippen MR) is 106 cm³/mol. The Kier molecular flexibility index (Phi) is 4.26. The van der Waals surface area contributed by atoms with Crippen LogP contribution in [0.2, 0.25) is 0 Å². The number of H-pyrrole nitrogens is 1. The maximum atomic E-state index is 13.3. The Balaban J connectivity index is 1.39. The summed E-state index contributed by atoms with van der Waals surface area (Å²) < 4.78 is 0. The number of rotatable bonds is 2. The number of fused-ring (bicyclic) bond motifs is 5. The van der Waals surface area contributed by atoms with Gasteiger partial charge in [-0.05, 0) is 43.9 Å². The second-order valence-corrected chi connectivity index (χ2v) is 7.91. The van der Waals surface area contributed by atoms with Gasteiger partial charge in [-0.3, -0.25) is 14.6 Å². The Labute approximate surface area is 168 Å². The van der Waals surface area contributed by atoms with Gasteiger partial charge in [0.1, 0.15) is 11.5 Å². The Bertz CT molecular complexity index is 1080. The first kappa shape index (κ1) is 17.8. The minimum atomic E-state index is -0.112. The number of amides is 2. The predicted octanol–water partition coefficient (Wildman–Crippen LogP) is 2.04. The monoisotopic (exact) mass is 390 g/mol. The molecular formula is C21H22N6O2. The lowest BCUT2D eigenvalue weighted by Gasteiger charge is -2.36. The minimum Gasteiger partial charge on any atom is -0.342 e. The van der Waals surface area contributed by atoms with Crippen LogP contribution >= 0.6 is 0 Å². The van der Waals surface area contributed by atoms with Crippen molar-refractivity contribution in [3.05, 3.63) is 53.9 Å². The number of hydrogen-bond donors (Lipinski definition) is 1. The van der Waals surface area contributed by atoms with E-state index >= 15 is 0 Å². The lowest BCUT2D eigenvalue weighted by molar-refractivity contribution is 0.0574. The van der Waals surface area contributed by atoms with Crippen molar-refractivity contribution in [3.8, 4) is 0 Å². The topological polar surface area (TPSA) is 95.1 Å². The standard InChI is InChI=1S/C21H22N6O2/c1-13-24-17-5-3-15(8-18(17)25-13)20(28)27-11-14-2-4-16(27)12-26(10-14)21(29)19-9-22-6-7-23-19/h3,5-9,14,16H,2,4,10-12H2,1H3,(H,24,25). The SMILES string of the molecule is Cc1nc2ccc(C(=O)N3CC4CCC3CN(C(=O)c3cnccn3)C4)cc2[nH]1. The van der Waals surface area contributed by atoms with E-state index in [0.29, 0.717) is 30.9 Å². The molecule has 8 nitrogen and oxygen atoms in total. The van der Waals surface area contributed by atoms with E-state index in [1.807, 2.05) is 34.9 Å². The van der Waals surface area contributed by atoms with E-state index in [0.717, 1.165) is 29.7 Å². The molecule has 1 N–H and O–H groups in total. The zero-order valence-corrected chi connectivity index (χ0v) is 16.2. The fraction of sp³-hybridized carbons (Fsp3) is 0.381. The molecule has 5 heterocycles. The molecule has 3 fully saturated rings. The number of aryl methyl sites for hydroxylation is 1. The van der Waals surface area contributed by atoms with Gasteiger partial charge in [0.05, 0.1) is 17.2 Å². The van der Waals surface area contributed by atoms with Gasteiger partial charge in [-0.2, -0.15) is 0 Å². The highest BCUT2D eigenvalue weighted by Gasteiger charge is 2.39. The average molecular weight is 390 g/mol. The summed E-state index contributed by atoms with van der Waals surface area (Å²) in [6.45, 7) is 3.75. The second-order valence-electron chi connectivity index (χ2n) is 7.91. The number of aromatic nitrogens is 4. The van der Waals surface area contributed by atoms with E-state index < -0.39 is 0 Å². The third kappa shape index (κ3) is 3.24. The van der Waals surface area contributed by atoms with Gasteiger partial charge in [-0.25, -0.2) is 9.97 Å². The lowest BCUT2D eigenvalue weighted by Crippen LogP contribution is -2.47. The molecule has 2 aromatic heterocycles. The van der Waals surface area contributed by atoms with Crippen molar-refractivity contribution in [1.29, 1.82) is 0 Å². The van der Waals surface area contributed by atoms with Crippen LogP contribution in [-0.4, -0.2) is 67.2 Å². The molecule has 0 radical (unpaired) electrons. The van der Waals surface area contributed by atoms with E-state index in [1.54, 1.807) is 6.20 Å². The van der Waals surface area contributed by atoms with Gasteiger partial charge in [-0.1, -0.05) is 0 Å². The van der Waals surface area contributed by atoms with Crippen molar-refractivity contribution in [2.75, 3.05) is 19.6 Å². The normalized spacial score (nSPS) is 21.4. The Hall–Kier alpha value is -3.29. The van der Waals surface area contributed by atoms with Crippen LogP contribution in [0, 0.1) is 12.8 Å². The summed E-state index contributed by atoms with van der Waals surface area (Å²) in [5.74, 6) is 1.01. The van der Waals surface area contributed by atoms with Gasteiger partial charge >= 0.3 is 0 Å². The molecule has 0 saturated carbocycles. The molecule has 3 aliphatic rings. The fourth-order valence-electron chi connectivity index (χ4n) is 4.50. The number of nitrogens with zero attached hydrogens (tertiary/aromatic N) is 5. The first-order valence-electron chi connectivity index (χ1n) is 9.91. The summed E-state index contributed by atoms with van der Waals surface area (Å²) in [5, 5.41) is 0. The van der Waals surface area contributed by atoms with E-state index in [4.69, 9.17) is 0 Å². The number of hydrogen-bond acceptors (Lipinski definition) is 5. The molecule has 3 aromatic rings. The van der Waals surface area contributed by atoms with Crippen molar-refractivity contribution < 1.29 is 9.59 Å². The van der Waals surface area contributed by atoms with Gasteiger partial charge in [0.2, 0.25) is 0 Å². The summed E-state index contributed by atoms with van der Waals surface area (Å²) in [7, 11) is 0. The van der Waals surface area contributed by atoms with Crippen LogP contribution in [0.15, 0.2) is 36.8 Å². The van der Waals surface area contributed by atoms with Gasteiger partial charge in [0.15, 0.2) is 0 Å². The van der Waals surface area contributed by atoms with Crippen molar-refractivity contribution >= 4 is 22.8 Å². The molecule has 2 bridgehead atoms. The van der Waals surface area contributed by atoms with Crippen LogP contribution < -0.4 is 0 Å². The number of aromatic amines is 1. The quantitative estimate of drug-likeness (QED) is 0.722. The first-order chi connectivity index (χ1) is 14.1. The lowest BCUT2D eigenvalue weighted by atomic mass is 9.94. The highest BCUT2D eigenvalue weighted by atomic mass is 16.2. The molecule has 2 atom stereocenters. The van der Waals surface area contributed by atoms with Crippen LogP contribution in [0.25, 0.3) is 11.0 Å². The van der Waals surface area contributed by atoms with Crippen LogP contribution in [0.3, 0.4) is 0 Å². The molecule has 0 aliphatic carbocycles. The molecule has 29 heavy (non-hydrogen) atoms. The van der Waals surface area contributed by atoms with E-state index in [1.165, 1.54) is 12.4 Å². The number of carbonyl (C=O) groups is 2. The molecule has 8 heteroatoms. The third-order valence-corrected chi connectivity index (χ3v) is 5.89. The van der Waals surface area contributed by atoms with Crippen LogP contribution in [0.1, 0.15) is 39.5 Å². The summed E-state index contributed by atoms with van der Waals surface area (Å²) in [4.78, 5) is 45.7. The smallest absolute Gasteiger partial charge is 0.274 e. The highest BCUT2D eigenvalue weighted by molar-refractivity contribution is 5.98. The molecule has 3 saturated heterocycles. The second kappa shape index (κ2) is 6.95. The summed E-state index contributed by atoms with van der Waals surface area (Å²) in [5.41, 5.74) is 2.73. The molecule has 2 amide bonds. The van der Waals surface area contributed by atoms with Crippen molar-refractivity contribution in [3.63, 3.8) is 0 Å². The van der Waals surface area contributed by atoms with Gasteiger partial charge in [-0.15, -0.1) is 0 Å². The van der Waals surface area contributed by atoms with E-state index in [-0.39, 0.29) is 23.8 Å². The highest BCUT2D eigenvalue weighted by Crippen LogP contribution is 2.30. The fourth-order valence-corrected chi connectivity index (χ4v) is 4.50. The van der Waals surface area contributed by atoms with Gasteiger partial charge in [0, 0.05) is 43.6 Å². The average Bonchev–Trinajstić information content (AvgIpc) is 2.90. The van der Waals surface area contributed by atoms with Crippen molar-refractivity contribution in [2.45, 2.75) is 25.8 Å².